The van der Waals surface area contributed by atoms with Gasteiger partial charge in [-0.3, -0.25) is 9.59 Å². The van der Waals surface area contributed by atoms with E-state index in [0.29, 0.717) is 18.4 Å². The summed E-state index contributed by atoms with van der Waals surface area (Å²) in [5.74, 6) is 0.472. The van der Waals surface area contributed by atoms with Crippen LogP contribution in [0.4, 0.5) is 4.39 Å². The highest BCUT2D eigenvalue weighted by atomic mass is 19.1. The number of amides is 2. The van der Waals surface area contributed by atoms with Gasteiger partial charge in [0.25, 0.3) is 5.91 Å². The highest BCUT2D eigenvalue weighted by molar-refractivity contribution is 5.94. The van der Waals surface area contributed by atoms with Crippen LogP contribution in [0.3, 0.4) is 0 Å². The number of carbonyl (C=O) groups excluding carboxylic acids is 2. The summed E-state index contributed by atoms with van der Waals surface area (Å²) >= 11 is 0. The third-order valence-electron chi connectivity index (χ3n) is 6.25. The number of benzene rings is 2. The molecule has 1 unspecified atom stereocenters. The predicted molar refractivity (Wildman–Crippen MR) is 112 cm³/mol. The smallest absolute Gasteiger partial charge is 0.251 e. The molecule has 30 heavy (non-hydrogen) atoms. The first kappa shape index (κ1) is 20.4. The number of hydrogen-bond acceptors (Lipinski definition) is 3. The molecule has 0 radical (unpaired) electrons. The van der Waals surface area contributed by atoms with Crippen LogP contribution in [-0.4, -0.2) is 41.9 Å². The standard InChI is InChI=1S/C24H27FN2O3/c1-30-22-11-2-16(3-12-22)4-13-23(28)27-20-9-10-21(27)15-19(14-20)26-24(29)17-5-7-18(25)8-6-17/h2-3,5-8,11-12,19-21H,4,9-10,13-15H2,1H3,(H,26,29)/t19?,20-,21+. The molecule has 2 aromatic carbocycles. The van der Waals surface area contributed by atoms with Crippen molar-refractivity contribution < 1.29 is 18.7 Å². The lowest BCUT2D eigenvalue weighted by molar-refractivity contribution is -0.135. The van der Waals surface area contributed by atoms with Gasteiger partial charge in [-0.15, -0.1) is 0 Å². The Morgan fingerprint density at radius 1 is 1.03 bits per heavy atom. The monoisotopic (exact) mass is 410 g/mol. The van der Waals surface area contributed by atoms with E-state index in [-0.39, 0.29) is 35.8 Å². The van der Waals surface area contributed by atoms with Crippen LogP contribution in [-0.2, 0) is 11.2 Å². The van der Waals surface area contributed by atoms with Crippen LogP contribution < -0.4 is 10.1 Å². The van der Waals surface area contributed by atoms with Crippen molar-refractivity contribution in [3.63, 3.8) is 0 Å². The predicted octanol–water partition coefficient (Wildman–Crippen LogP) is 3.72. The Hall–Kier alpha value is -2.89. The zero-order valence-electron chi connectivity index (χ0n) is 17.1. The van der Waals surface area contributed by atoms with Gasteiger partial charge in [-0.1, -0.05) is 12.1 Å². The van der Waals surface area contributed by atoms with Crippen molar-refractivity contribution in [2.24, 2.45) is 0 Å². The van der Waals surface area contributed by atoms with Crippen molar-refractivity contribution in [2.75, 3.05) is 7.11 Å². The second kappa shape index (κ2) is 8.86. The molecule has 0 saturated carbocycles. The lowest BCUT2D eigenvalue weighted by atomic mass is 9.96. The van der Waals surface area contributed by atoms with Crippen LogP contribution in [0.15, 0.2) is 48.5 Å². The fourth-order valence-corrected chi connectivity index (χ4v) is 4.74. The number of halogens is 1. The molecule has 3 atom stereocenters. The zero-order chi connectivity index (χ0) is 21.1. The van der Waals surface area contributed by atoms with Gasteiger partial charge < -0.3 is 15.0 Å². The van der Waals surface area contributed by atoms with Gasteiger partial charge in [0.1, 0.15) is 11.6 Å². The molecule has 5 nitrogen and oxygen atoms in total. The summed E-state index contributed by atoms with van der Waals surface area (Å²) in [6, 6.07) is 13.8. The average molecular weight is 410 g/mol. The number of carbonyl (C=O) groups is 2. The number of methoxy groups -OCH3 is 1. The Kier molecular flexibility index (Phi) is 6.02. The molecule has 0 aliphatic carbocycles. The third kappa shape index (κ3) is 4.48. The molecular formula is C24H27FN2O3. The molecule has 2 aliphatic heterocycles. The van der Waals surface area contributed by atoms with E-state index in [4.69, 9.17) is 4.74 Å². The summed E-state index contributed by atoms with van der Waals surface area (Å²) < 4.78 is 18.2. The minimum Gasteiger partial charge on any atom is -0.497 e. The molecule has 1 N–H and O–H groups in total. The second-order valence-corrected chi connectivity index (χ2v) is 8.18. The van der Waals surface area contributed by atoms with Crippen LogP contribution in [0.5, 0.6) is 5.75 Å². The number of piperidine rings is 1. The SMILES string of the molecule is COc1ccc(CCC(=O)N2[C@@H]3CC[C@H]2CC(NC(=O)c2ccc(F)cc2)C3)cc1. The molecular weight excluding hydrogens is 383 g/mol. The summed E-state index contributed by atoms with van der Waals surface area (Å²) in [4.78, 5) is 27.4. The summed E-state index contributed by atoms with van der Waals surface area (Å²) in [5, 5.41) is 3.07. The molecule has 2 heterocycles. The van der Waals surface area contributed by atoms with Gasteiger partial charge >= 0.3 is 0 Å². The number of nitrogens with one attached hydrogen (secondary N) is 1. The first-order chi connectivity index (χ1) is 14.5. The van der Waals surface area contributed by atoms with E-state index in [1.54, 1.807) is 7.11 Å². The van der Waals surface area contributed by atoms with Crippen LogP contribution in [0, 0.1) is 5.82 Å². The molecule has 2 saturated heterocycles. The lowest BCUT2D eigenvalue weighted by Gasteiger charge is -2.39. The Balaban J connectivity index is 1.31. The largest absolute Gasteiger partial charge is 0.497 e. The second-order valence-electron chi connectivity index (χ2n) is 8.18. The zero-order valence-corrected chi connectivity index (χ0v) is 17.1. The highest BCUT2D eigenvalue weighted by Crippen LogP contribution is 2.36. The summed E-state index contributed by atoms with van der Waals surface area (Å²) in [5.41, 5.74) is 1.58. The van der Waals surface area contributed by atoms with E-state index in [0.717, 1.165) is 37.0 Å². The van der Waals surface area contributed by atoms with Crippen molar-refractivity contribution in [3.8, 4) is 5.75 Å². The van der Waals surface area contributed by atoms with E-state index >= 15 is 0 Å². The molecule has 2 aromatic rings. The highest BCUT2D eigenvalue weighted by Gasteiger charge is 2.43. The van der Waals surface area contributed by atoms with Crippen molar-refractivity contribution in [3.05, 3.63) is 65.5 Å². The summed E-state index contributed by atoms with van der Waals surface area (Å²) in [7, 11) is 1.64. The average Bonchev–Trinajstić information content (AvgIpc) is 3.03. The molecule has 4 rings (SSSR count). The van der Waals surface area contributed by atoms with Crippen molar-refractivity contribution in [1.29, 1.82) is 0 Å². The van der Waals surface area contributed by atoms with Gasteiger partial charge in [0.05, 0.1) is 7.11 Å². The Morgan fingerprint density at radius 3 is 2.27 bits per heavy atom. The van der Waals surface area contributed by atoms with E-state index < -0.39 is 0 Å². The molecule has 0 aromatic heterocycles. The number of aryl methyl sites for hydroxylation is 1. The third-order valence-corrected chi connectivity index (χ3v) is 6.25. The van der Waals surface area contributed by atoms with Crippen LogP contribution >= 0.6 is 0 Å². The number of fused-ring (bicyclic) bond motifs is 2. The van der Waals surface area contributed by atoms with E-state index in [9.17, 15) is 14.0 Å². The number of hydrogen-bond donors (Lipinski definition) is 1. The van der Waals surface area contributed by atoms with Crippen molar-refractivity contribution >= 4 is 11.8 Å². The maximum absolute atomic E-state index is 13.1. The Bertz CT molecular complexity index is 884. The molecule has 158 valence electrons. The van der Waals surface area contributed by atoms with Gasteiger partial charge in [-0.25, -0.2) is 4.39 Å². The number of rotatable bonds is 6. The first-order valence-corrected chi connectivity index (χ1v) is 10.5. The Morgan fingerprint density at radius 2 is 1.67 bits per heavy atom. The molecule has 0 spiro atoms. The summed E-state index contributed by atoms with van der Waals surface area (Å²) in [6.45, 7) is 0. The maximum atomic E-state index is 13.1. The van der Waals surface area contributed by atoms with Crippen LogP contribution in [0.1, 0.15) is 48.0 Å². The lowest BCUT2D eigenvalue weighted by Crippen LogP contribution is -2.52. The van der Waals surface area contributed by atoms with E-state index in [1.807, 2.05) is 24.3 Å². The molecule has 2 bridgehead atoms. The van der Waals surface area contributed by atoms with Gasteiger partial charge in [-0.05, 0) is 74.1 Å². The fourth-order valence-electron chi connectivity index (χ4n) is 4.74. The normalized spacial score (nSPS) is 22.6. The number of nitrogens with zero attached hydrogens (tertiary/aromatic N) is 1. The van der Waals surface area contributed by atoms with Gasteiger partial charge in [0.2, 0.25) is 5.91 Å². The van der Waals surface area contributed by atoms with E-state index in [1.165, 1.54) is 24.3 Å². The van der Waals surface area contributed by atoms with Crippen molar-refractivity contribution in [1.82, 2.24) is 10.2 Å². The van der Waals surface area contributed by atoms with Crippen LogP contribution in [0.25, 0.3) is 0 Å². The topological polar surface area (TPSA) is 58.6 Å². The van der Waals surface area contributed by atoms with Crippen molar-refractivity contribution in [2.45, 2.75) is 56.7 Å². The van der Waals surface area contributed by atoms with Crippen LogP contribution in [0.2, 0.25) is 0 Å². The Labute approximate surface area is 176 Å². The van der Waals surface area contributed by atoms with Gasteiger partial charge in [-0.2, -0.15) is 0 Å². The maximum Gasteiger partial charge on any atom is 0.251 e. The molecule has 2 aliphatic rings. The molecule has 6 heteroatoms. The minimum atomic E-state index is -0.356. The molecule has 2 amide bonds. The van der Waals surface area contributed by atoms with Gasteiger partial charge in [0.15, 0.2) is 0 Å². The minimum absolute atomic E-state index is 0.0469. The summed E-state index contributed by atoms with van der Waals surface area (Å²) in [6.07, 6.45) is 4.73. The molecule has 2 fully saturated rings. The first-order valence-electron chi connectivity index (χ1n) is 10.5. The fraction of sp³-hybridized carbons (Fsp3) is 0.417. The van der Waals surface area contributed by atoms with E-state index in [2.05, 4.69) is 10.2 Å². The number of ether oxygens (including phenoxy) is 1. The quantitative estimate of drug-likeness (QED) is 0.790. The van der Waals surface area contributed by atoms with Gasteiger partial charge in [0, 0.05) is 30.1 Å².